The number of hydrogen-bond acceptors (Lipinski definition) is 5. The summed E-state index contributed by atoms with van der Waals surface area (Å²) in [4.78, 5) is 8.36. The number of benzene rings is 2. The highest BCUT2D eigenvalue weighted by Gasteiger charge is 2.20. The molecule has 158 valence electrons. The molecule has 0 aliphatic heterocycles. The van der Waals surface area contributed by atoms with Gasteiger partial charge in [-0.3, -0.25) is 0 Å². The smallest absolute Gasteiger partial charge is 0.192 e. The third kappa shape index (κ3) is 3.36. The van der Waals surface area contributed by atoms with E-state index in [1.54, 1.807) is 12.1 Å². The quantitative estimate of drug-likeness (QED) is 0.281. The van der Waals surface area contributed by atoms with Crippen LogP contribution in [0.4, 0.5) is 0 Å². The minimum atomic E-state index is 0.0388. The Bertz CT molecular complexity index is 1210. The molecule has 0 spiro atoms. The molecule has 6 N–H and O–H groups in total. The molecule has 2 aromatic heterocycles. The summed E-state index contributed by atoms with van der Waals surface area (Å²) in [5.41, 5.74) is 4.58. The standard InChI is InChI=1S/C23H28N4O3/c1-24-10-8-16-20-18(28)7-5-14(21(20)26-23(16)30)15-4-6-17-19(22(15)29)13(12-25-17)9-11-27(2)3/h4-7,12,24-26,28-30H,8-11H2,1-3H3. The number of aromatic hydroxyl groups is 3. The van der Waals surface area contributed by atoms with E-state index in [9.17, 15) is 15.3 Å². The zero-order chi connectivity index (χ0) is 21.4. The Balaban J connectivity index is 1.89. The summed E-state index contributed by atoms with van der Waals surface area (Å²) in [6.45, 7) is 1.54. The number of nitrogens with zero attached hydrogens (tertiary/aromatic N) is 1. The molecule has 0 atom stereocenters. The molecule has 0 fully saturated rings. The van der Waals surface area contributed by atoms with Gasteiger partial charge in [-0.15, -0.1) is 0 Å². The van der Waals surface area contributed by atoms with Gasteiger partial charge in [0.1, 0.15) is 11.5 Å². The van der Waals surface area contributed by atoms with Crippen molar-refractivity contribution in [3.8, 4) is 28.5 Å². The molecule has 0 amide bonds. The average molecular weight is 409 g/mol. The van der Waals surface area contributed by atoms with Crippen molar-refractivity contribution in [1.29, 1.82) is 0 Å². The molecule has 4 rings (SSSR count). The molecule has 0 saturated carbocycles. The SMILES string of the molecule is CNCCc1c(O)[nH]c2c(-c3ccc4[nH]cc(CCN(C)C)c4c3O)ccc(O)c12. The Labute approximate surface area is 175 Å². The predicted molar refractivity (Wildman–Crippen MR) is 120 cm³/mol. The molecular formula is C23H28N4O3. The lowest BCUT2D eigenvalue weighted by atomic mass is 9.97. The van der Waals surface area contributed by atoms with E-state index in [0.717, 1.165) is 35.0 Å². The second kappa shape index (κ2) is 7.93. The first-order chi connectivity index (χ1) is 14.4. The largest absolute Gasteiger partial charge is 0.507 e. The topological polar surface area (TPSA) is 108 Å². The number of hydrogen-bond donors (Lipinski definition) is 6. The number of rotatable bonds is 7. The molecule has 2 aromatic carbocycles. The van der Waals surface area contributed by atoms with Gasteiger partial charge in [0, 0.05) is 45.7 Å². The van der Waals surface area contributed by atoms with Crippen molar-refractivity contribution < 1.29 is 15.3 Å². The average Bonchev–Trinajstić information content (AvgIpc) is 3.27. The van der Waals surface area contributed by atoms with Crippen LogP contribution in [0.3, 0.4) is 0 Å². The van der Waals surface area contributed by atoms with Gasteiger partial charge in [0.15, 0.2) is 5.88 Å². The van der Waals surface area contributed by atoms with Crippen LogP contribution in [-0.4, -0.2) is 64.4 Å². The zero-order valence-electron chi connectivity index (χ0n) is 17.5. The normalized spacial score (nSPS) is 11.9. The maximum Gasteiger partial charge on any atom is 0.192 e. The van der Waals surface area contributed by atoms with Crippen molar-refractivity contribution >= 4 is 21.8 Å². The fraction of sp³-hybridized carbons (Fsp3) is 0.304. The van der Waals surface area contributed by atoms with Gasteiger partial charge in [-0.05, 0) is 70.4 Å². The van der Waals surface area contributed by atoms with E-state index < -0.39 is 0 Å². The van der Waals surface area contributed by atoms with Crippen LogP contribution in [-0.2, 0) is 12.8 Å². The summed E-state index contributed by atoms with van der Waals surface area (Å²) in [5, 5.41) is 36.6. The van der Waals surface area contributed by atoms with Crippen molar-refractivity contribution in [2.45, 2.75) is 12.8 Å². The number of H-pyrrole nitrogens is 2. The Morgan fingerprint density at radius 1 is 0.967 bits per heavy atom. The maximum absolute atomic E-state index is 11.2. The number of aromatic amines is 2. The minimum absolute atomic E-state index is 0.0388. The first-order valence-corrected chi connectivity index (χ1v) is 10.1. The van der Waals surface area contributed by atoms with Crippen molar-refractivity contribution in [3.05, 3.63) is 41.6 Å². The van der Waals surface area contributed by atoms with Crippen molar-refractivity contribution in [1.82, 2.24) is 20.2 Å². The number of aromatic nitrogens is 2. The number of nitrogens with one attached hydrogen (secondary N) is 3. The summed E-state index contributed by atoms with van der Waals surface area (Å²) in [7, 11) is 5.89. The number of fused-ring (bicyclic) bond motifs is 2. The molecule has 0 aliphatic rings. The Kier molecular flexibility index (Phi) is 5.32. The van der Waals surface area contributed by atoms with E-state index in [-0.39, 0.29) is 17.4 Å². The molecule has 0 bridgehead atoms. The lowest BCUT2D eigenvalue weighted by molar-refractivity contribution is 0.414. The molecule has 7 heteroatoms. The van der Waals surface area contributed by atoms with Gasteiger partial charge >= 0.3 is 0 Å². The van der Waals surface area contributed by atoms with Crippen LogP contribution in [0.2, 0.25) is 0 Å². The van der Waals surface area contributed by atoms with Crippen LogP contribution in [0.5, 0.6) is 17.4 Å². The van der Waals surface area contributed by atoms with Crippen molar-refractivity contribution in [2.75, 3.05) is 34.2 Å². The predicted octanol–water partition coefficient (Wildman–Crippen LogP) is 3.30. The lowest BCUT2D eigenvalue weighted by Crippen LogP contribution is -2.14. The van der Waals surface area contributed by atoms with Crippen molar-refractivity contribution in [3.63, 3.8) is 0 Å². The first kappa shape index (κ1) is 20.1. The Morgan fingerprint density at radius 2 is 1.73 bits per heavy atom. The van der Waals surface area contributed by atoms with Crippen LogP contribution in [0.25, 0.3) is 32.9 Å². The Morgan fingerprint density at radius 3 is 2.47 bits per heavy atom. The lowest BCUT2D eigenvalue weighted by Gasteiger charge is -2.11. The minimum Gasteiger partial charge on any atom is -0.507 e. The highest BCUT2D eigenvalue weighted by atomic mass is 16.3. The van der Waals surface area contributed by atoms with Gasteiger partial charge in [0.2, 0.25) is 0 Å². The van der Waals surface area contributed by atoms with Gasteiger partial charge in [-0.25, -0.2) is 0 Å². The van der Waals surface area contributed by atoms with Gasteiger partial charge in [-0.2, -0.15) is 0 Å². The second-order valence-corrected chi connectivity index (χ2v) is 7.94. The van der Waals surface area contributed by atoms with Gasteiger partial charge in [0.25, 0.3) is 0 Å². The van der Waals surface area contributed by atoms with Crippen LogP contribution >= 0.6 is 0 Å². The van der Waals surface area contributed by atoms with Crippen LogP contribution in [0.1, 0.15) is 11.1 Å². The van der Waals surface area contributed by atoms with Crippen LogP contribution in [0, 0.1) is 0 Å². The molecule has 0 aliphatic carbocycles. The molecular weight excluding hydrogens is 380 g/mol. The van der Waals surface area contributed by atoms with Crippen LogP contribution in [0.15, 0.2) is 30.5 Å². The number of phenols is 2. The molecule has 0 unspecified atom stereocenters. The highest BCUT2D eigenvalue weighted by molar-refractivity contribution is 6.05. The summed E-state index contributed by atoms with van der Waals surface area (Å²) in [6.07, 6.45) is 3.32. The summed E-state index contributed by atoms with van der Waals surface area (Å²) in [6, 6.07) is 7.19. The van der Waals surface area contributed by atoms with Crippen LogP contribution < -0.4 is 5.32 Å². The fourth-order valence-corrected chi connectivity index (χ4v) is 4.09. The second-order valence-electron chi connectivity index (χ2n) is 7.94. The molecule has 0 radical (unpaired) electrons. The maximum atomic E-state index is 11.2. The molecule has 30 heavy (non-hydrogen) atoms. The Hall–Kier alpha value is -3.16. The van der Waals surface area contributed by atoms with Gasteiger partial charge < -0.3 is 35.5 Å². The van der Waals surface area contributed by atoms with E-state index in [1.807, 2.05) is 39.5 Å². The molecule has 0 saturated heterocycles. The van der Waals surface area contributed by atoms with E-state index in [0.29, 0.717) is 35.0 Å². The third-order valence-corrected chi connectivity index (χ3v) is 5.66. The summed E-state index contributed by atoms with van der Waals surface area (Å²) in [5.74, 6) is 0.336. The molecule has 2 heterocycles. The fourth-order valence-electron chi connectivity index (χ4n) is 4.09. The monoisotopic (exact) mass is 408 g/mol. The van der Waals surface area contributed by atoms with E-state index in [1.165, 1.54) is 0 Å². The van der Waals surface area contributed by atoms with E-state index in [4.69, 9.17) is 0 Å². The van der Waals surface area contributed by atoms with Gasteiger partial charge in [0.05, 0.1) is 5.52 Å². The molecule has 4 aromatic rings. The van der Waals surface area contributed by atoms with E-state index >= 15 is 0 Å². The third-order valence-electron chi connectivity index (χ3n) is 5.66. The van der Waals surface area contributed by atoms with Gasteiger partial charge in [-0.1, -0.05) is 0 Å². The van der Waals surface area contributed by atoms with E-state index in [2.05, 4.69) is 20.2 Å². The number of phenolic OH excluding ortho intramolecular Hbond substituents is 2. The molecule has 7 nitrogen and oxygen atoms in total. The highest BCUT2D eigenvalue weighted by Crippen LogP contribution is 2.44. The summed E-state index contributed by atoms with van der Waals surface area (Å²) < 4.78 is 0. The van der Waals surface area contributed by atoms with Crippen molar-refractivity contribution in [2.24, 2.45) is 0 Å². The summed E-state index contributed by atoms with van der Waals surface area (Å²) >= 11 is 0. The number of likely N-dealkylation sites (N-methyl/N-ethyl adjacent to an activating group) is 2. The zero-order valence-corrected chi connectivity index (χ0v) is 17.5. The first-order valence-electron chi connectivity index (χ1n) is 10.1.